The van der Waals surface area contributed by atoms with Gasteiger partial charge in [0.25, 0.3) is 0 Å². The van der Waals surface area contributed by atoms with Crippen molar-refractivity contribution in [2.24, 2.45) is 0 Å². The number of aromatic nitrogens is 2. The highest BCUT2D eigenvalue weighted by Gasteiger charge is 2.05. The molecule has 3 aromatic rings. The molecule has 0 unspecified atom stereocenters. The Morgan fingerprint density at radius 3 is 2.29 bits per heavy atom. The molecule has 0 atom stereocenters. The van der Waals surface area contributed by atoms with Crippen LogP contribution in [0.3, 0.4) is 0 Å². The smallest absolute Gasteiger partial charge is 0.335 e. The van der Waals surface area contributed by atoms with Crippen LogP contribution in [0.25, 0.3) is 0 Å². The van der Waals surface area contributed by atoms with E-state index < -0.39 is 5.97 Å². The molecular formula is C17H13ClN4O2. The lowest BCUT2D eigenvalue weighted by atomic mass is 10.2. The van der Waals surface area contributed by atoms with Crippen molar-refractivity contribution in [3.8, 4) is 0 Å². The van der Waals surface area contributed by atoms with E-state index >= 15 is 0 Å². The fraction of sp³-hybridized carbons (Fsp3) is 0. The number of nitrogens with zero attached hydrogens (tertiary/aromatic N) is 2. The van der Waals surface area contributed by atoms with Gasteiger partial charge in [-0.05, 0) is 36.4 Å². The third-order valence-corrected chi connectivity index (χ3v) is 3.54. The Balaban J connectivity index is 1.75. The van der Waals surface area contributed by atoms with Gasteiger partial charge in [-0.15, -0.1) is 0 Å². The summed E-state index contributed by atoms with van der Waals surface area (Å²) in [6, 6.07) is 15.5. The Hall–Kier alpha value is -3.12. The summed E-state index contributed by atoms with van der Waals surface area (Å²) in [5.41, 5.74) is 1.70. The highest BCUT2D eigenvalue weighted by atomic mass is 35.5. The van der Waals surface area contributed by atoms with Crippen molar-refractivity contribution >= 4 is 40.6 Å². The number of hydrogen-bond acceptors (Lipinski definition) is 5. The molecular weight excluding hydrogens is 328 g/mol. The second-order valence-electron chi connectivity index (χ2n) is 4.90. The quantitative estimate of drug-likeness (QED) is 0.641. The van der Waals surface area contributed by atoms with Crippen LogP contribution >= 0.6 is 11.6 Å². The lowest BCUT2D eigenvalue weighted by Crippen LogP contribution is -2.00. The van der Waals surface area contributed by atoms with Crippen LogP contribution in [0.15, 0.2) is 60.9 Å². The Morgan fingerprint density at radius 1 is 0.958 bits per heavy atom. The first-order valence-corrected chi connectivity index (χ1v) is 7.43. The summed E-state index contributed by atoms with van der Waals surface area (Å²) < 4.78 is 0. The molecule has 0 bridgehead atoms. The normalized spacial score (nSPS) is 10.2. The third-order valence-electron chi connectivity index (χ3n) is 3.21. The van der Waals surface area contributed by atoms with Crippen LogP contribution in [0.2, 0.25) is 5.02 Å². The van der Waals surface area contributed by atoms with Crippen LogP contribution in [0.1, 0.15) is 10.4 Å². The predicted molar refractivity (Wildman–Crippen MR) is 93.5 cm³/mol. The zero-order chi connectivity index (χ0) is 16.9. The molecule has 3 rings (SSSR count). The van der Waals surface area contributed by atoms with Gasteiger partial charge in [0.2, 0.25) is 0 Å². The van der Waals surface area contributed by atoms with Crippen LogP contribution < -0.4 is 10.6 Å². The first-order valence-electron chi connectivity index (χ1n) is 7.06. The lowest BCUT2D eigenvalue weighted by Gasteiger charge is -2.09. The second-order valence-corrected chi connectivity index (χ2v) is 5.31. The molecule has 2 aromatic carbocycles. The molecule has 0 spiro atoms. The van der Waals surface area contributed by atoms with Crippen molar-refractivity contribution in [1.29, 1.82) is 0 Å². The molecule has 0 aliphatic carbocycles. The topological polar surface area (TPSA) is 87.1 Å². The predicted octanol–water partition coefficient (Wildman–Crippen LogP) is 4.32. The molecule has 0 aliphatic rings. The van der Waals surface area contributed by atoms with Crippen molar-refractivity contribution in [1.82, 2.24) is 9.97 Å². The number of carboxylic acid groups (broad SMARTS) is 1. The molecule has 0 amide bonds. The highest BCUT2D eigenvalue weighted by Crippen LogP contribution is 2.25. The molecule has 0 saturated heterocycles. The summed E-state index contributed by atoms with van der Waals surface area (Å²) in [4.78, 5) is 19.2. The van der Waals surface area contributed by atoms with Crippen LogP contribution in [0.5, 0.6) is 0 Å². The number of para-hydroxylation sites is 1. The minimum Gasteiger partial charge on any atom is -0.478 e. The number of nitrogens with one attached hydrogen (secondary N) is 2. The van der Waals surface area contributed by atoms with E-state index in [0.29, 0.717) is 16.7 Å². The first-order chi connectivity index (χ1) is 11.6. The van der Waals surface area contributed by atoms with Gasteiger partial charge in [-0.1, -0.05) is 23.7 Å². The van der Waals surface area contributed by atoms with Gasteiger partial charge in [0.1, 0.15) is 18.0 Å². The van der Waals surface area contributed by atoms with E-state index in [2.05, 4.69) is 20.6 Å². The first kappa shape index (κ1) is 15.8. The number of aromatic carboxylic acids is 1. The lowest BCUT2D eigenvalue weighted by molar-refractivity contribution is 0.0697. The standard InChI is InChI=1S/C17H13ClN4O2/c18-13-3-1-2-4-14(13)22-16-9-15(19-10-20-16)21-12-7-5-11(6-8-12)17(23)24/h1-10H,(H,23,24)(H2,19,20,21,22). The summed E-state index contributed by atoms with van der Waals surface area (Å²) >= 11 is 6.11. The highest BCUT2D eigenvalue weighted by molar-refractivity contribution is 6.33. The van der Waals surface area contributed by atoms with Gasteiger partial charge in [0.05, 0.1) is 16.3 Å². The number of benzene rings is 2. The molecule has 7 heteroatoms. The van der Waals surface area contributed by atoms with Gasteiger partial charge in [0.15, 0.2) is 0 Å². The van der Waals surface area contributed by atoms with Crippen LogP contribution in [-0.2, 0) is 0 Å². The van der Waals surface area contributed by atoms with Gasteiger partial charge in [0, 0.05) is 11.8 Å². The summed E-state index contributed by atoms with van der Waals surface area (Å²) in [6.45, 7) is 0. The molecule has 1 aromatic heterocycles. The SMILES string of the molecule is O=C(O)c1ccc(Nc2cc(Nc3ccccc3Cl)ncn2)cc1. The maximum Gasteiger partial charge on any atom is 0.335 e. The maximum absolute atomic E-state index is 10.9. The molecule has 120 valence electrons. The number of carbonyl (C=O) groups is 1. The zero-order valence-corrected chi connectivity index (χ0v) is 13.2. The summed E-state index contributed by atoms with van der Waals surface area (Å²) in [5, 5.41) is 15.7. The third kappa shape index (κ3) is 3.80. The van der Waals surface area contributed by atoms with Crippen molar-refractivity contribution in [3.63, 3.8) is 0 Å². The van der Waals surface area contributed by atoms with Crippen molar-refractivity contribution < 1.29 is 9.90 Å². The Labute approximate surface area is 143 Å². The number of halogens is 1. The van der Waals surface area contributed by atoms with E-state index in [0.717, 1.165) is 11.4 Å². The molecule has 0 aliphatic heterocycles. The van der Waals surface area contributed by atoms with E-state index in [1.807, 2.05) is 18.2 Å². The monoisotopic (exact) mass is 340 g/mol. The molecule has 24 heavy (non-hydrogen) atoms. The van der Waals surface area contributed by atoms with E-state index in [1.165, 1.54) is 18.5 Å². The van der Waals surface area contributed by atoms with Gasteiger partial charge in [-0.25, -0.2) is 14.8 Å². The van der Waals surface area contributed by atoms with Crippen LogP contribution in [0.4, 0.5) is 23.0 Å². The molecule has 0 radical (unpaired) electrons. The maximum atomic E-state index is 10.9. The van der Waals surface area contributed by atoms with Crippen LogP contribution in [-0.4, -0.2) is 21.0 Å². The Morgan fingerprint density at radius 2 is 1.62 bits per heavy atom. The molecule has 3 N–H and O–H groups in total. The fourth-order valence-corrected chi connectivity index (χ4v) is 2.22. The fourth-order valence-electron chi connectivity index (χ4n) is 2.04. The van der Waals surface area contributed by atoms with Gasteiger partial charge >= 0.3 is 5.97 Å². The van der Waals surface area contributed by atoms with E-state index in [4.69, 9.17) is 16.7 Å². The van der Waals surface area contributed by atoms with Crippen molar-refractivity contribution in [2.75, 3.05) is 10.6 Å². The molecule has 1 heterocycles. The van der Waals surface area contributed by atoms with Gasteiger partial charge < -0.3 is 15.7 Å². The minimum absolute atomic E-state index is 0.226. The van der Waals surface area contributed by atoms with Gasteiger partial charge in [-0.3, -0.25) is 0 Å². The van der Waals surface area contributed by atoms with E-state index in [1.54, 1.807) is 24.3 Å². The molecule has 0 fully saturated rings. The zero-order valence-electron chi connectivity index (χ0n) is 12.4. The molecule has 0 saturated carbocycles. The van der Waals surface area contributed by atoms with E-state index in [9.17, 15) is 4.79 Å². The Kier molecular flexibility index (Phi) is 4.58. The van der Waals surface area contributed by atoms with Gasteiger partial charge in [-0.2, -0.15) is 0 Å². The largest absolute Gasteiger partial charge is 0.478 e. The number of anilines is 4. The number of rotatable bonds is 5. The average Bonchev–Trinajstić information content (AvgIpc) is 2.58. The van der Waals surface area contributed by atoms with Crippen LogP contribution in [0, 0.1) is 0 Å². The van der Waals surface area contributed by atoms with Crippen molar-refractivity contribution in [2.45, 2.75) is 0 Å². The second kappa shape index (κ2) is 6.97. The number of hydrogen-bond donors (Lipinski definition) is 3. The summed E-state index contributed by atoms with van der Waals surface area (Å²) in [7, 11) is 0. The summed E-state index contributed by atoms with van der Waals surface area (Å²) in [5.74, 6) is 0.195. The average molecular weight is 341 g/mol. The number of carboxylic acids is 1. The minimum atomic E-state index is -0.963. The van der Waals surface area contributed by atoms with E-state index in [-0.39, 0.29) is 5.56 Å². The molecule has 6 nitrogen and oxygen atoms in total. The van der Waals surface area contributed by atoms with Crippen molar-refractivity contribution in [3.05, 3.63) is 71.5 Å². The Bertz CT molecular complexity index is 868. The summed E-state index contributed by atoms with van der Waals surface area (Å²) in [6.07, 6.45) is 1.42.